The first-order valence-electron chi connectivity index (χ1n) is 9.52. The summed E-state index contributed by atoms with van der Waals surface area (Å²) in [6.07, 6.45) is 0. The zero-order valence-electron chi connectivity index (χ0n) is 17.8. The standard InChI is InChI=1S/C22H28N4O2.2ClH/c1-25(2)13-11-23-17-9-5-7-15-19(17)21(27)16-8-6-10-18(20(16)22(15)28)24-12-14-26(3)4;;/h5-10,23-24H,11-14H2,1-4H3;2*1H. The first-order valence-corrected chi connectivity index (χ1v) is 9.52. The van der Waals surface area contributed by atoms with E-state index in [0.717, 1.165) is 13.1 Å². The molecule has 0 radical (unpaired) electrons. The van der Waals surface area contributed by atoms with Crippen LogP contribution in [0.25, 0.3) is 0 Å². The van der Waals surface area contributed by atoms with Gasteiger partial charge in [0, 0.05) is 48.7 Å². The van der Waals surface area contributed by atoms with E-state index < -0.39 is 0 Å². The van der Waals surface area contributed by atoms with E-state index in [-0.39, 0.29) is 36.4 Å². The summed E-state index contributed by atoms with van der Waals surface area (Å²) >= 11 is 0. The Bertz CT molecular complexity index is 827. The van der Waals surface area contributed by atoms with Crippen molar-refractivity contribution in [1.82, 2.24) is 9.80 Å². The molecular weight excluding hydrogens is 423 g/mol. The van der Waals surface area contributed by atoms with E-state index in [4.69, 9.17) is 0 Å². The lowest BCUT2D eigenvalue weighted by Crippen LogP contribution is -2.27. The van der Waals surface area contributed by atoms with E-state index in [1.165, 1.54) is 0 Å². The van der Waals surface area contributed by atoms with Crippen LogP contribution >= 0.6 is 24.8 Å². The van der Waals surface area contributed by atoms with Crippen LogP contribution in [0.3, 0.4) is 0 Å². The van der Waals surface area contributed by atoms with Crippen molar-refractivity contribution in [3.63, 3.8) is 0 Å². The molecule has 2 N–H and O–H groups in total. The summed E-state index contributed by atoms with van der Waals surface area (Å²) in [6, 6.07) is 10.9. The smallest absolute Gasteiger partial charge is 0.196 e. The number of ketones is 2. The number of nitrogens with one attached hydrogen (secondary N) is 2. The summed E-state index contributed by atoms with van der Waals surface area (Å²) in [7, 11) is 7.99. The maximum Gasteiger partial charge on any atom is 0.196 e. The van der Waals surface area contributed by atoms with Crippen molar-refractivity contribution >= 4 is 47.8 Å². The van der Waals surface area contributed by atoms with Gasteiger partial charge in [0.1, 0.15) is 0 Å². The molecule has 0 aromatic heterocycles. The van der Waals surface area contributed by atoms with Gasteiger partial charge in [-0.2, -0.15) is 0 Å². The Hall–Kier alpha value is -2.12. The lowest BCUT2D eigenvalue weighted by Gasteiger charge is -2.23. The van der Waals surface area contributed by atoms with Crippen molar-refractivity contribution in [3.05, 3.63) is 58.7 Å². The van der Waals surface area contributed by atoms with Crippen LogP contribution in [-0.2, 0) is 0 Å². The summed E-state index contributed by atoms with van der Waals surface area (Å²) in [4.78, 5) is 30.7. The summed E-state index contributed by atoms with van der Waals surface area (Å²) in [5.74, 6) is -0.206. The highest BCUT2D eigenvalue weighted by Gasteiger charge is 2.33. The number of benzene rings is 2. The topological polar surface area (TPSA) is 64.7 Å². The van der Waals surface area contributed by atoms with Crippen molar-refractivity contribution in [1.29, 1.82) is 0 Å². The molecule has 1 aliphatic rings. The van der Waals surface area contributed by atoms with Crippen LogP contribution in [0.4, 0.5) is 11.4 Å². The lowest BCUT2D eigenvalue weighted by molar-refractivity contribution is 0.0980. The SMILES string of the molecule is CN(C)CCNc1cccc2c1C(=O)c1cccc(NCCN(C)C)c1C2=O.Cl.Cl. The first kappa shape index (κ1) is 25.9. The van der Waals surface area contributed by atoms with Gasteiger partial charge in [0.25, 0.3) is 0 Å². The molecule has 8 heteroatoms. The normalized spacial score (nSPS) is 12.1. The highest BCUT2D eigenvalue weighted by atomic mass is 35.5. The van der Waals surface area contributed by atoms with Crippen molar-refractivity contribution in [2.45, 2.75) is 0 Å². The van der Waals surface area contributed by atoms with Crippen LogP contribution < -0.4 is 10.6 Å². The van der Waals surface area contributed by atoms with Gasteiger partial charge in [-0.25, -0.2) is 0 Å². The third-order valence-corrected chi connectivity index (χ3v) is 4.82. The maximum atomic E-state index is 13.3. The van der Waals surface area contributed by atoms with Gasteiger partial charge in [-0.05, 0) is 40.3 Å². The Morgan fingerprint density at radius 2 is 1.03 bits per heavy atom. The number of likely N-dealkylation sites (N-methyl/N-ethyl adjacent to an activating group) is 2. The Morgan fingerprint density at radius 1 is 0.667 bits per heavy atom. The minimum absolute atomic E-state index is 0. The molecule has 2 aromatic rings. The van der Waals surface area contributed by atoms with Gasteiger partial charge < -0.3 is 20.4 Å². The molecule has 2 aromatic carbocycles. The average Bonchev–Trinajstić information content (AvgIpc) is 2.65. The van der Waals surface area contributed by atoms with E-state index in [9.17, 15) is 9.59 Å². The van der Waals surface area contributed by atoms with Gasteiger partial charge in [-0.1, -0.05) is 24.3 Å². The van der Waals surface area contributed by atoms with Gasteiger partial charge in [-0.3, -0.25) is 9.59 Å². The molecule has 0 fully saturated rings. The fourth-order valence-corrected chi connectivity index (χ4v) is 3.36. The van der Waals surface area contributed by atoms with Crippen LogP contribution in [0.5, 0.6) is 0 Å². The molecule has 0 heterocycles. The number of rotatable bonds is 8. The number of carbonyl (C=O) groups is 2. The van der Waals surface area contributed by atoms with Crippen molar-refractivity contribution in [3.8, 4) is 0 Å². The zero-order chi connectivity index (χ0) is 20.3. The molecule has 164 valence electrons. The fraction of sp³-hybridized carbons (Fsp3) is 0.364. The molecule has 0 saturated heterocycles. The third kappa shape index (κ3) is 5.52. The first-order chi connectivity index (χ1) is 13.4. The van der Waals surface area contributed by atoms with E-state index >= 15 is 0 Å². The Labute approximate surface area is 190 Å². The number of halogens is 2. The minimum Gasteiger partial charge on any atom is -0.383 e. The van der Waals surface area contributed by atoms with Gasteiger partial charge in [0.2, 0.25) is 0 Å². The van der Waals surface area contributed by atoms with E-state index in [1.54, 1.807) is 12.1 Å². The molecule has 30 heavy (non-hydrogen) atoms. The predicted octanol–water partition coefficient (Wildman–Crippen LogP) is 3.25. The number of carbonyl (C=O) groups excluding carboxylic acids is 2. The summed E-state index contributed by atoms with van der Waals surface area (Å²) in [5, 5.41) is 6.62. The molecule has 6 nitrogen and oxygen atoms in total. The molecular formula is C22H30Cl2N4O2. The monoisotopic (exact) mass is 452 g/mol. The van der Waals surface area contributed by atoms with Gasteiger partial charge >= 0.3 is 0 Å². The van der Waals surface area contributed by atoms with E-state index in [1.807, 2.05) is 52.5 Å². The molecule has 0 unspecified atom stereocenters. The number of anilines is 2. The minimum atomic E-state index is -0.103. The Balaban J connectivity index is 0.00000225. The van der Waals surface area contributed by atoms with Crippen molar-refractivity contribution < 1.29 is 9.59 Å². The Kier molecular flexibility index (Phi) is 9.78. The largest absolute Gasteiger partial charge is 0.383 e. The zero-order valence-corrected chi connectivity index (χ0v) is 19.5. The van der Waals surface area contributed by atoms with E-state index in [2.05, 4.69) is 20.4 Å². The quantitative estimate of drug-likeness (QED) is 0.546. The molecule has 0 atom stereocenters. The van der Waals surface area contributed by atoms with Crippen LogP contribution in [0.15, 0.2) is 36.4 Å². The van der Waals surface area contributed by atoms with Gasteiger partial charge in [-0.15, -0.1) is 24.8 Å². The second-order valence-corrected chi connectivity index (χ2v) is 7.57. The second kappa shape index (κ2) is 11.3. The van der Waals surface area contributed by atoms with Crippen molar-refractivity contribution in [2.75, 3.05) is 65.0 Å². The molecule has 0 saturated carbocycles. The fourth-order valence-electron chi connectivity index (χ4n) is 3.36. The highest BCUT2D eigenvalue weighted by molar-refractivity contribution is 6.31. The molecule has 3 rings (SSSR count). The van der Waals surface area contributed by atoms with Crippen molar-refractivity contribution in [2.24, 2.45) is 0 Å². The van der Waals surface area contributed by atoms with Crippen LogP contribution in [-0.4, -0.2) is 75.7 Å². The predicted molar refractivity (Wildman–Crippen MR) is 128 cm³/mol. The Morgan fingerprint density at radius 3 is 1.37 bits per heavy atom. The molecule has 1 aliphatic carbocycles. The number of fused-ring (bicyclic) bond motifs is 2. The summed E-state index contributed by atoms with van der Waals surface area (Å²) in [6.45, 7) is 3.07. The maximum absolute atomic E-state index is 13.3. The molecule has 0 amide bonds. The van der Waals surface area contributed by atoms with Crippen LogP contribution in [0.1, 0.15) is 31.8 Å². The second-order valence-electron chi connectivity index (χ2n) is 7.57. The molecule has 0 aliphatic heterocycles. The number of hydrogen-bond acceptors (Lipinski definition) is 6. The average molecular weight is 453 g/mol. The number of hydrogen-bond donors (Lipinski definition) is 2. The van der Waals surface area contributed by atoms with Gasteiger partial charge in [0.15, 0.2) is 11.6 Å². The summed E-state index contributed by atoms with van der Waals surface area (Å²) < 4.78 is 0. The molecule has 0 spiro atoms. The molecule has 0 bridgehead atoms. The van der Waals surface area contributed by atoms with Crippen LogP contribution in [0, 0.1) is 0 Å². The highest BCUT2D eigenvalue weighted by Crippen LogP contribution is 2.35. The summed E-state index contributed by atoms with van der Waals surface area (Å²) in [5.41, 5.74) is 3.32. The number of nitrogens with zero attached hydrogens (tertiary/aromatic N) is 2. The van der Waals surface area contributed by atoms with Crippen LogP contribution in [0.2, 0.25) is 0 Å². The third-order valence-electron chi connectivity index (χ3n) is 4.82. The lowest BCUT2D eigenvalue weighted by atomic mass is 9.82. The van der Waals surface area contributed by atoms with E-state index in [0.29, 0.717) is 46.7 Å². The van der Waals surface area contributed by atoms with Gasteiger partial charge in [0.05, 0.1) is 11.1 Å².